The minimum atomic E-state index is -0.248. The molecule has 5 nitrogen and oxygen atoms in total. The van der Waals surface area contributed by atoms with E-state index < -0.39 is 0 Å². The Morgan fingerprint density at radius 1 is 1.08 bits per heavy atom. The molecule has 0 spiro atoms. The van der Waals surface area contributed by atoms with Gasteiger partial charge in [0, 0.05) is 11.8 Å². The van der Waals surface area contributed by atoms with E-state index >= 15 is 0 Å². The number of hydrogen-bond donors (Lipinski definition) is 3. The van der Waals surface area contributed by atoms with Gasteiger partial charge in [0.1, 0.15) is 23.9 Å². The molecule has 0 radical (unpaired) electrons. The van der Waals surface area contributed by atoms with E-state index in [0.29, 0.717) is 6.54 Å². The first kappa shape index (κ1) is 16.3. The molecule has 1 heterocycles. The maximum Gasteiger partial charge on any atom is 0.220 e. The molecule has 0 bridgehead atoms. The Kier molecular flexibility index (Phi) is 4.66. The molecule has 0 atom stereocenters. The monoisotopic (exact) mass is 331 g/mol. The van der Waals surface area contributed by atoms with Gasteiger partial charge in [0.25, 0.3) is 0 Å². The minimum Gasteiger partial charge on any atom is -0.508 e. The number of ketones is 1. The number of carbonyl (C=O) groups is 1. The number of Topliss-reactive ketones (excluding diaryl/α,β-unsaturated/α-hetero) is 1. The molecule has 2 aromatic rings. The molecule has 3 rings (SSSR count). The number of nitrogens with one attached hydrogen (secondary N) is 1. The first-order valence-corrected chi connectivity index (χ1v) is 7.92. The summed E-state index contributed by atoms with van der Waals surface area (Å²) in [5.74, 6) is -0.645. The van der Waals surface area contributed by atoms with Crippen LogP contribution in [0.4, 0.5) is 10.1 Å². The fourth-order valence-electron chi connectivity index (χ4n) is 2.99. The zero-order valence-corrected chi connectivity index (χ0v) is 13.2. The summed E-state index contributed by atoms with van der Waals surface area (Å²) in [5.41, 5.74) is 1.22. The molecule has 1 saturated heterocycles. The second kappa shape index (κ2) is 6.88. The Morgan fingerprint density at radius 3 is 2.38 bits per heavy atom. The number of rotatable bonds is 4. The van der Waals surface area contributed by atoms with Crippen molar-refractivity contribution in [1.82, 2.24) is 0 Å². The van der Waals surface area contributed by atoms with Crippen molar-refractivity contribution in [3.63, 3.8) is 0 Å². The predicted molar refractivity (Wildman–Crippen MR) is 88.3 cm³/mol. The van der Waals surface area contributed by atoms with Gasteiger partial charge in [0.05, 0.1) is 31.7 Å². The van der Waals surface area contributed by atoms with Crippen molar-refractivity contribution >= 4 is 11.5 Å². The number of benzene rings is 2. The number of piperazine rings is 1. The van der Waals surface area contributed by atoms with Crippen LogP contribution < -0.4 is 9.80 Å². The topological polar surface area (TPSA) is 65.2 Å². The van der Waals surface area contributed by atoms with Crippen LogP contribution in [0.15, 0.2) is 42.5 Å². The SMILES string of the molecule is O=C(C[NH+]1CCN(c2ccc(F)cc2)CC1)c1ccc(O)cc1O. The summed E-state index contributed by atoms with van der Waals surface area (Å²) in [6.07, 6.45) is 0. The number of nitrogens with zero attached hydrogens (tertiary/aromatic N) is 1. The Labute approximate surface area is 139 Å². The second-order valence-corrected chi connectivity index (χ2v) is 6.01. The van der Waals surface area contributed by atoms with Crippen molar-refractivity contribution < 1.29 is 24.3 Å². The Balaban J connectivity index is 1.57. The maximum atomic E-state index is 13.0. The van der Waals surface area contributed by atoms with Gasteiger partial charge in [0.15, 0.2) is 0 Å². The number of halogens is 1. The smallest absolute Gasteiger partial charge is 0.220 e. The molecule has 0 amide bonds. The van der Waals surface area contributed by atoms with E-state index in [1.165, 1.54) is 30.3 Å². The van der Waals surface area contributed by atoms with E-state index in [-0.39, 0.29) is 28.7 Å². The molecule has 6 heteroatoms. The van der Waals surface area contributed by atoms with Crippen molar-refractivity contribution in [1.29, 1.82) is 0 Å². The van der Waals surface area contributed by atoms with E-state index in [0.717, 1.165) is 36.8 Å². The molecule has 1 aliphatic rings. The summed E-state index contributed by atoms with van der Waals surface area (Å²) in [4.78, 5) is 15.6. The quantitative estimate of drug-likeness (QED) is 0.726. The lowest BCUT2D eigenvalue weighted by Crippen LogP contribution is -3.15. The Bertz CT molecular complexity index is 726. The van der Waals surface area contributed by atoms with Crippen LogP contribution in [0.2, 0.25) is 0 Å². The third-order valence-electron chi connectivity index (χ3n) is 4.35. The molecule has 126 valence electrons. The molecular weight excluding hydrogens is 311 g/mol. The lowest BCUT2D eigenvalue weighted by Gasteiger charge is -2.33. The fourth-order valence-corrected chi connectivity index (χ4v) is 2.99. The first-order valence-electron chi connectivity index (χ1n) is 7.92. The van der Waals surface area contributed by atoms with Gasteiger partial charge in [-0.2, -0.15) is 0 Å². The summed E-state index contributed by atoms with van der Waals surface area (Å²) in [6.45, 7) is 3.46. The standard InChI is InChI=1S/C18H19FN2O3/c19-13-1-3-14(4-2-13)21-9-7-20(8-10-21)12-18(24)16-6-5-15(22)11-17(16)23/h1-6,11,22-23H,7-10,12H2/p+1. The van der Waals surface area contributed by atoms with Crippen LogP contribution in [0.5, 0.6) is 11.5 Å². The summed E-state index contributed by atoms with van der Waals surface area (Å²) < 4.78 is 13.0. The highest BCUT2D eigenvalue weighted by Gasteiger charge is 2.24. The van der Waals surface area contributed by atoms with Gasteiger partial charge >= 0.3 is 0 Å². The van der Waals surface area contributed by atoms with E-state index in [1.54, 1.807) is 12.1 Å². The van der Waals surface area contributed by atoms with Crippen molar-refractivity contribution in [3.8, 4) is 11.5 Å². The van der Waals surface area contributed by atoms with Crippen LogP contribution in [0.1, 0.15) is 10.4 Å². The van der Waals surface area contributed by atoms with Crippen LogP contribution >= 0.6 is 0 Å². The minimum absolute atomic E-state index is 0.0655. The number of carbonyl (C=O) groups excluding carboxylic acids is 1. The number of phenolic OH excluding ortho intramolecular Hbond substituents is 2. The van der Waals surface area contributed by atoms with Crippen LogP contribution in [-0.4, -0.2) is 48.7 Å². The van der Waals surface area contributed by atoms with Gasteiger partial charge in [0.2, 0.25) is 5.78 Å². The molecule has 1 aliphatic heterocycles. The average Bonchev–Trinajstić information content (AvgIpc) is 2.56. The van der Waals surface area contributed by atoms with Gasteiger partial charge < -0.3 is 20.0 Å². The zero-order chi connectivity index (χ0) is 17.1. The van der Waals surface area contributed by atoms with Gasteiger partial charge in [-0.05, 0) is 36.4 Å². The Hall–Kier alpha value is -2.60. The molecule has 1 fully saturated rings. The number of phenols is 2. The highest BCUT2D eigenvalue weighted by Crippen LogP contribution is 2.22. The molecule has 0 saturated carbocycles. The van der Waals surface area contributed by atoms with Gasteiger partial charge in [-0.15, -0.1) is 0 Å². The van der Waals surface area contributed by atoms with Crippen LogP contribution in [0, 0.1) is 5.82 Å². The van der Waals surface area contributed by atoms with Crippen molar-refractivity contribution in [3.05, 3.63) is 53.8 Å². The van der Waals surface area contributed by atoms with E-state index in [9.17, 15) is 19.4 Å². The van der Waals surface area contributed by atoms with Crippen LogP contribution in [-0.2, 0) is 0 Å². The second-order valence-electron chi connectivity index (χ2n) is 6.01. The van der Waals surface area contributed by atoms with Gasteiger partial charge in [-0.3, -0.25) is 4.79 Å². The number of aromatic hydroxyl groups is 2. The number of hydrogen-bond acceptors (Lipinski definition) is 4. The zero-order valence-electron chi connectivity index (χ0n) is 13.2. The van der Waals surface area contributed by atoms with E-state index in [2.05, 4.69) is 4.90 Å². The normalized spacial score (nSPS) is 15.5. The largest absolute Gasteiger partial charge is 0.508 e. The van der Waals surface area contributed by atoms with Crippen molar-refractivity contribution in [2.75, 3.05) is 37.6 Å². The molecule has 0 aliphatic carbocycles. The summed E-state index contributed by atoms with van der Waals surface area (Å²) in [7, 11) is 0. The van der Waals surface area contributed by atoms with E-state index in [4.69, 9.17) is 0 Å². The lowest BCUT2D eigenvalue weighted by atomic mass is 10.1. The Morgan fingerprint density at radius 2 is 1.75 bits per heavy atom. The first-order chi connectivity index (χ1) is 11.5. The van der Waals surface area contributed by atoms with E-state index in [1.807, 2.05) is 0 Å². The fraction of sp³-hybridized carbons (Fsp3) is 0.278. The highest BCUT2D eigenvalue weighted by atomic mass is 19.1. The third-order valence-corrected chi connectivity index (χ3v) is 4.35. The lowest BCUT2D eigenvalue weighted by molar-refractivity contribution is -0.892. The summed E-state index contributed by atoms with van der Waals surface area (Å²) in [6, 6.07) is 10.4. The molecule has 0 unspecified atom stereocenters. The van der Waals surface area contributed by atoms with Gasteiger partial charge in [-0.1, -0.05) is 0 Å². The predicted octanol–water partition coefficient (Wildman–Crippen LogP) is 0.825. The number of quaternary nitrogens is 1. The van der Waals surface area contributed by atoms with Crippen LogP contribution in [0.25, 0.3) is 0 Å². The molecule has 2 aromatic carbocycles. The molecule has 24 heavy (non-hydrogen) atoms. The maximum absolute atomic E-state index is 13.0. The molecular formula is C18H20FN2O3+. The third kappa shape index (κ3) is 3.65. The van der Waals surface area contributed by atoms with Crippen molar-refractivity contribution in [2.24, 2.45) is 0 Å². The molecule has 3 N–H and O–H groups in total. The number of anilines is 1. The van der Waals surface area contributed by atoms with Crippen LogP contribution in [0.3, 0.4) is 0 Å². The summed E-state index contributed by atoms with van der Waals surface area (Å²) >= 11 is 0. The molecule has 0 aromatic heterocycles. The average molecular weight is 331 g/mol. The van der Waals surface area contributed by atoms with Crippen molar-refractivity contribution in [2.45, 2.75) is 0 Å². The van der Waals surface area contributed by atoms with Gasteiger partial charge in [-0.25, -0.2) is 4.39 Å². The highest BCUT2D eigenvalue weighted by molar-refractivity contribution is 5.99. The summed E-state index contributed by atoms with van der Waals surface area (Å²) in [5, 5.41) is 19.1.